The summed E-state index contributed by atoms with van der Waals surface area (Å²) < 4.78 is 34.5. The molecule has 0 radical (unpaired) electrons. The minimum atomic E-state index is -2.83. The quantitative estimate of drug-likeness (QED) is 0.465. The van der Waals surface area contributed by atoms with E-state index in [0.717, 1.165) is 25.7 Å². The third-order valence-electron chi connectivity index (χ3n) is 5.73. The molecule has 3 heterocycles. The van der Waals surface area contributed by atoms with Crippen molar-refractivity contribution >= 4 is 29.2 Å². The van der Waals surface area contributed by atoms with Gasteiger partial charge in [-0.3, -0.25) is 9.48 Å². The average molecular weight is 505 g/mol. The van der Waals surface area contributed by atoms with E-state index >= 15 is 0 Å². The summed E-state index contributed by atoms with van der Waals surface area (Å²) in [5.41, 5.74) is -0.486. The summed E-state index contributed by atoms with van der Waals surface area (Å²) in [6, 6.07) is 2.87. The van der Waals surface area contributed by atoms with E-state index < -0.39 is 29.7 Å². The monoisotopic (exact) mass is 504 g/mol. The van der Waals surface area contributed by atoms with Crippen molar-refractivity contribution in [3.05, 3.63) is 35.9 Å². The van der Waals surface area contributed by atoms with Crippen LogP contribution in [0.25, 0.3) is 5.52 Å². The fourth-order valence-electron chi connectivity index (χ4n) is 4.19. The number of amides is 2. The lowest BCUT2D eigenvalue weighted by atomic mass is 9.90. The summed E-state index contributed by atoms with van der Waals surface area (Å²) in [6.07, 6.45) is 3.06. The number of halogens is 2. The van der Waals surface area contributed by atoms with Crippen molar-refractivity contribution < 1.29 is 23.1 Å². The highest BCUT2D eigenvalue weighted by atomic mass is 19.3. The van der Waals surface area contributed by atoms with Crippen molar-refractivity contribution in [2.75, 3.05) is 10.6 Å². The van der Waals surface area contributed by atoms with Crippen molar-refractivity contribution in [3.8, 4) is 0 Å². The summed E-state index contributed by atoms with van der Waals surface area (Å²) in [6.45, 7) is 5.42. The van der Waals surface area contributed by atoms with E-state index in [0.29, 0.717) is 5.52 Å². The van der Waals surface area contributed by atoms with Gasteiger partial charge in [0.1, 0.15) is 11.3 Å². The van der Waals surface area contributed by atoms with Crippen LogP contribution in [0.4, 0.5) is 25.2 Å². The molecule has 0 aliphatic heterocycles. The van der Waals surface area contributed by atoms with Crippen molar-refractivity contribution in [3.63, 3.8) is 0 Å². The number of fused-ring (bicyclic) bond motifs is 1. The second-order valence-corrected chi connectivity index (χ2v) is 9.78. The Kier molecular flexibility index (Phi) is 7.09. The molecular weight excluding hydrogens is 474 g/mol. The highest BCUT2D eigenvalue weighted by Gasteiger charge is 2.29. The molecule has 11 nitrogen and oxygen atoms in total. The number of nitrogens with zero attached hydrogens (tertiary/aromatic N) is 5. The molecule has 4 rings (SSSR count). The molecule has 0 aromatic carbocycles. The van der Waals surface area contributed by atoms with E-state index in [1.165, 1.54) is 28.5 Å². The molecule has 1 saturated carbocycles. The van der Waals surface area contributed by atoms with Gasteiger partial charge in [-0.25, -0.2) is 23.1 Å². The van der Waals surface area contributed by atoms with Crippen LogP contribution in [-0.4, -0.2) is 54.1 Å². The first-order valence-electron chi connectivity index (χ1n) is 11.7. The molecule has 13 heteroatoms. The van der Waals surface area contributed by atoms with Crippen molar-refractivity contribution in [2.24, 2.45) is 7.05 Å². The molecule has 36 heavy (non-hydrogen) atoms. The summed E-state index contributed by atoms with van der Waals surface area (Å²) in [5.74, 6) is -0.345. The van der Waals surface area contributed by atoms with Crippen molar-refractivity contribution in [1.82, 2.24) is 29.7 Å². The number of carbonyl (C=O) groups is 2. The Morgan fingerprint density at radius 3 is 2.56 bits per heavy atom. The maximum absolute atomic E-state index is 13.3. The van der Waals surface area contributed by atoms with E-state index in [1.54, 1.807) is 33.0 Å². The Balaban J connectivity index is 1.51. The Morgan fingerprint density at radius 2 is 1.86 bits per heavy atom. The number of hydrogen-bond donors (Lipinski definition) is 3. The molecule has 1 fully saturated rings. The maximum atomic E-state index is 13.3. The van der Waals surface area contributed by atoms with Crippen LogP contribution in [0.15, 0.2) is 24.5 Å². The second kappa shape index (κ2) is 10.1. The first-order valence-corrected chi connectivity index (χ1v) is 11.7. The number of ether oxygens (including phenoxy) is 1. The van der Waals surface area contributed by atoms with Crippen LogP contribution in [0.5, 0.6) is 0 Å². The molecule has 0 saturated heterocycles. The fraction of sp³-hybridized carbons (Fsp3) is 0.522. The highest BCUT2D eigenvalue weighted by molar-refractivity contribution is 6.04. The average Bonchev–Trinajstić information content (AvgIpc) is 3.36. The van der Waals surface area contributed by atoms with Gasteiger partial charge < -0.3 is 20.7 Å². The van der Waals surface area contributed by atoms with Gasteiger partial charge in [0.25, 0.3) is 12.3 Å². The standard InChI is InChI=1S/C23H30F2N8O3/c1-23(2,3)36-22(35)29-15-8-6-5-7-14(15)28-21-26-11-13-9-10-17(33(13)31-21)20(34)27-16-12-32(4)30-18(16)19(24)25/h9-12,14-15,19H,5-8H2,1-4H3,(H,27,34)(H,28,31)(H,29,35)/t14-,15+/m1/s1. The maximum Gasteiger partial charge on any atom is 0.407 e. The summed E-state index contributed by atoms with van der Waals surface area (Å²) in [5, 5.41) is 16.8. The number of alkyl carbamates (subject to hydrolysis) is 1. The molecule has 2 atom stereocenters. The predicted molar refractivity (Wildman–Crippen MR) is 128 cm³/mol. The Hall–Kier alpha value is -3.77. The lowest BCUT2D eigenvalue weighted by Crippen LogP contribution is -2.50. The predicted octanol–water partition coefficient (Wildman–Crippen LogP) is 3.90. The molecule has 3 aromatic heterocycles. The van der Waals surface area contributed by atoms with E-state index in [4.69, 9.17) is 4.74 Å². The number of hydrogen-bond acceptors (Lipinski definition) is 7. The Labute approximate surface area is 206 Å². The molecule has 0 bridgehead atoms. The molecule has 0 unspecified atom stereocenters. The third kappa shape index (κ3) is 5.89. The van der Waals surface area contributed by atoms with Gasteiger partial charge in [0, 0.05) is 19.3 Å². The number of carbonyl (C=O) groups excluding carboxylic acids is 2. The lowest BCUT2D eigenvalue weighted by molar-refractivity contribution is 0.0488. The third-order valence-corrected chi connectivity index (χ3v) is 5.73. The van der Waals surface area contributed by atoms with Gasteiger partial charge in [-0.1, -0.05) is 12.8 Å². The molecule has 194 valence electrons. The Bertz CT molecular complexity index is 1250. The SMILES string of the molecule is Cn1cc(NC(=O)c2ccc3cnc(N[C@@H]4CCCC[C@@H]4NC(=O)OC(C)(C)C)nn23)c(C(F)F)n1. The van der Waals surface area contributed by atoms with Crippen LogP contribution in [-0.2, 0) is 11.8 Å². The number of nitrogens with one attached hydrogen (secondary N) is 3. The van der Waals surface area contributed by atoms with Crippen molar-refractivity contribution in [2.45, 2.75) is 70.6 Å². The molecule has 1 aliphatic rings. The highest BCUT2D eigenvalue weighted by Crippen LogP contribution is 2.26. The number of anilines is 2. The number of aryl methyl sites for hydroxylation is 1. The molecule has 0 spiro atoms. The lowest BCUT2D eigenvalue weighted by Gasteiger charge is -2.33. The summed E-state index contributed by atoms with van der Waals surface area (Å²) >= 11 is 0. The van der Waals surface area contributed by atoms with Crippen LogP contribution in [0.1, 0.15) is 69.1 Å². The number of rotatable bonds is 6. The van der Waals surface area contributed by atoms with E-state index in [1.807, 2.05) is 0 Å². The van der Waals surface area contributed by atoms with Gasteiger partial charge >= 0.3 is 6.09 Å². The molecule has 3 N–H and O–H groups in total. The zero-order valence-corrected chi connectivity index (χ0v) is 20.6. The number of alkyl halides is 2. The van der Waals surface area contributed by atoms with E-state index in [-0.39, 0.29) is 29.4 Å². The van der Waals surface area contributed by atoms with Crippen molar-refractivity contribution in [1.29, 1.82) is 0 Å². The normalized spacial score (nSPS) is 18.3. The first kappa shape index (κ1) is 25.3. The smallest absolute Gasteiger partial charge is 0.407 e. The topological polar surface area (TPSA) is 127 Å². The van der Waals surface area contributed by atoms with E-state index in [2.05, 4.69) is 31.1 Å². The zero-order chi connectivity index (χ0) is 26.0. The van der Waals surface area contributed by atoms with Gasteiger partial charge in [0.2, 0.25) is 5.95 Å². The van der Waals surface area contributed by atoms with Crippen LogP contribution >= 0.6 is 0 Å². The van der Waals surface area contributed by atoms with Gasteiger partial charge in [-0.05, 0) is 45.7 Å². The summed E-state index contributed by atoms with van der Waals surface area (Å²) in [4.78, 5) is 29.6. The molecule has 3 aromatic rings. The van der Waals surface area contributed by atoms with E-state index in [9.17, 15) is 18.4 Å². The number of aromatic nitrogens is 5. The molecule has 2 amide bonds. The molecule has 1 aliphatic carbocycles. The van der Waals surface area contributed by atoms with Crippen LogP contribution in [0, 0.1) is 0 Å². The van der Waals surface area contributed by atoms with Gasteiger partial charge in [0.05, 0.1) is 23.4 Å². The molecular formula is C23H30F2N8O3. The minimum absolute atomic E-state index is 0.0712. The zero-order valence-electron chi connectivity index (χ0n) is 20.6. The van der Waals surface area contributed by atoms with Crippen LogP contribution in [0.3, 0.4) is 0 Å². The summed E-state index contributed by atoms with van der Waals surface area (Å²) in [7, 11) is 1.50. The van der Waals surface area contributed by atoms with Crippen LogP contribution < -0.4 is 16.0 Å². The second-order valence-electron chi connectivity index (χ2n) is 9.78. The van der Waals surface area contributed by atoms with Gasteiger partial charge in [-0.15, -0.1) is 5.10 Å². The Morgan fingerprint density at radius 1 is 1.14 bits per heavy atom. The van der Waals surface area contributed by atoms with Gasteiger partial charge in [0.15, 0.2) is 5.69 Å². The van der Waals surface area contributed by atoms with Gasteiger partial charge in [-0.2, -0.15) is 5.10 Å². The largest absolute Gasteiger partial charge is 0.444 e. The fourth-order valence-corrected chi connectivity index (χ4v) is 4.19. The van der Waals surface area contributed by atoms with Crippen LogP contribution in [0.2, 0.25) is 0 Å². The minimum Gasteiger partial charge on any atom is -0.444 e. The first-order chi connectivity index (χ1) is 17.0.